The van der Waals surface area contributed by atoms with Crippen molar-refractivity contribution in [1.29, 1.82) is 0 Å². The van der Waals surface area contributed by atoms with Crippen LogP contribution in [-0.4, -0.2) is 54.8 Å². The third kappa shape index (κ3) is 10.6. The molecule has 24 heavy (non-hydrogen) atoms. The van der Waals surface area contributed by atoms with Gasteiger partial charge in [0.15, 0.2) is 5.96 Å². The van der Waals surface area contributed by atoms with Gasteiger partial charge in [0.05, 0.1) is 6.04 Å². The minimum Gasteiger partial charge on any atom is -0.444 e. The zero-order valence-corrected chi connectivity index (χ0v) is 17.6. The van der Waals surface area contributed by atoms with Crippen molar-refractivity contribution in [2.45, 2.75) is 64.9 Å². The van der Waals surface area contributed by atoms with Crippen LogP contribution in [0.4, 0.5) is 4.79 Å². The summed E-state index contributed by atoms with van der Waals surface area (Å²) < 4.78 is 5.46. The van der Waals surface area contributed by atoms with E-state index < -0.39 is 11.7 Å². The van der Waals surface area contributed by atoms with E-state index in [1.807, 2.05) is 20.8 Å². The number of alkyl carbamates (subject to hydrolysis) is 1. The second-order valence-electron chi connectivity index (χ2n) is 7.77. The summed E-state index contributed by atoms with van der Waals surface area (Å²) in [4.78, 5) is 16.2. The lowest BCUT2D eigenvalue weighted by Gasteiger charge is -2.27. The molecule has 0 radical (unpaired) electrons. The van der Waals surface area contributed by atoms with Gasteiger partial charge in [0.1, 0.15) is 5.60 Å². The molecule has 1 atom stereocenters. The van der Waals surface area contributed by atoms with E-state index in [0.717, 1.165) is 12.5 Å². The Hall–Kier alpha value is -1.11. The van der Waals surface area contributed by atoms with E-state index in [1.54, 1.807) is 18.8 Å². The fourth-order valence-corrected chi connectivity index (χ4v) is 1.92. The summed E-state index contributed by atoms with van der Waals surface area (Å²) in [6, 6.07) is -0.0491. The van der Waals surface area contributed by atoms with Crippen molar-refractivity contribution in [3.05, 3.63) is 0 Å². The third-order valence-electron chi connectivity index (χ3n) is 3.45. The second kappa shape index (κ2) is 10.0. The quantitative estimate of drug-likeness (QED) is 0.481. The van der Waals surface area contributed by atoms with Crippen molar-refractivity contribution in [3.63, 3.8) is 0 Å². The molecule has 0 aliphatic rings. The lowest BCUT2D eigenvalue weighted by Crippen LogP contribution is -2.51. The Morgan fingerprint density at radius 1 is 1.17 bits per heavy atom. The van der Waals surface area contributed by atoms with Crippen LogP contribution >= 0.6 is 11.8 Å². The molecule has 0 bridgehead atoms. The van der Waals surface area contributed by atoms with Crippen molar-refractivity contribution in [2.24, 2.45) is 10.9 Å². The number of ether oxygens (including phenoxy) is 1. The summed E-state index contributed by atoms with van der Waals surface area (Å²) in [5, 5.41) is 9.52. The number of guanidine groups is 1. The van der Waals surface area contributed by atoms with Gasteiger partial charge in [-0.15, -0.1) is 0 Å². The molecule has 142 valence electrons. The SMILES string of the molecule is CN=C(NCC(NC(=O)OC(C)(C)C)C(C)C)NCC(C)(C)SC. The van der Waals surface area contributed by atoms with Gasteiger partial charge in [-0.2, -0.15) is 11.8 Å². The molecule has 6 nitrogen and oxygen atoms in total. The number of hydrogen-bond acceptors (Lipinski definition) is 4. The van der Waals surface area contributed by atoms with Gasteiger partial charge in [-0.25, -0.2) is 4.79 Å². The number of carbonyl (C=O) groups excluding carboxylic acids is 1. The normalized spacial score (nSPS) is 14.3. The number of nitrogens with one attached hydrogen (secondary N) is 3. The Morgan fingerprint density at radius 2 is 1.75 bits per heavy atom. The average molecular weight is 361 g/mol. The van der Waals surface area contributed by atoms with E-state index in [1.165, 1.54) is 0 Å². The Kier molecular flexibility index (Phi) is 9.55. The Bertz CT molecular complexity index is 417. The molecule has 0 saturated heterocycles. The first-order valence-electron chi connectivity index (χ1n) is 8.39. The van der Waals surface area contributed by atoms with Crippen LogP contribution in [0, 0.1) is 5.92 Å². The fraction of sp³-hybridized carbons (Fsp3) is 0.882. The fourth-order valence-electron chi connectivity index (χ4n) is 1.71. The lowest BCUT2D eigenvalue weighted by atomic mass is 10.0. The number of nitrogens with zero attached hydrogens (tertiary/aromatic N) is 1. The highest BCUT2D eigenvalue weighted by Crippen LogP contribution is 2.19. The standard InChI is InChI=1S/C17H36N4O2S/c1-12(2)13(21-15(22)23-16(3,4)5)10-19-14(18-8)20-11-17(6,7)24-9/h12-13H,10-11H2,1-9H3,(H,21,22)(H2,18,19,20). The van der Waals surface area contributed by atoms with Crippen LogP contribution in [0.15, 0.2) is 4.99 Å². The van der Waals surface area contributed by atoms with E-state index in [4.69, 9.17) is 4.74 Å². The Morgan fingerprint density at radius 3 is 2.17 bits per heavy atom. The topological polar surface area (TPSA) is 74.8 Å². The molecule has 0 aliphatic heterocycles. The molecular weight excluding hydrogens is 324 g/mol. The van der Waals surface area contributed by atoms with E-state index in [2.05, 4.69) is 54.9 Å². The molecule has 7 heteroatoms. The summed E-state index contributed by atoms with van der Waals surface area (Å²) in [6.07, 6.45) is 1.70. The monoisotopic (exact) mass is 360 g/mol. The number of amides is 1. The van der Waals surface area contributed by atoms with Gasteiger partial charge >= 0.3 is 6.09 Å². The average Bonchev–Trinajstić information content (AvgIpc) is 2.43. The number of hydrogen-bond donors (Lipinski definition) is 3. The second-order valence-corrected chi connectivity index (χ2v) is 9.28. The lowest BCUT2D eigenvalue weighted by molar-refractivity contribution is 0.0491. The molecule has 0 fully saturated rings. The van der Waals surface area contributed by atoms with Crippen LogP contribution in [0.2, 0.25) is 0 Å². The van der Waals surface area contributed by atoms with E-state index in [-0.39, 0.29) is 16.7 Å². The van der Waals surface area contributed by atoms with Crippen molar-refractivity contribution in [3.8, 4) is 0 Å². The molecule has 0 spiro atoms. The van der Waals surface area contributed by atoms with E-state index in [9.17, 15) is 4.79 Å². The van der Waals surface area contributed by atoms with Crippen LogP contribution in [0.1, 0.15) is 48.5 Å². The molecule has 0 saturated carbocycles. The number of carbonyl (C=O) groups is 1. The van der Waals surface area contributed by atoms with Crippen molar-refractivity contribution in [1.82, 2.24) is 16.0 Å². The van der Waals surface area contributed by atoms with Crippen LogP contribution in [0.25, 0.3) is 0 Å². The molecule has 1 unspecified atom stereocenters. The number of aliphatic imine (C=N–C) groups is 1. The first kappa shape index (κ1) is 22.9. The summed E-state index contributed by atoms with van der Waals surface area (Å²) >= 11 is 1.80. The maximum absolute atomic E-state index is 12.0. The van der Waals surface area contributed by atoms with Crippen molar-refractivity contribution < 1.29 is 9.53 Å². The number of rotatable bonds is 7. The van der Waals surface area contributed by atoms with Gasteiger partial charge in [-0.05, 0) is 46.8 Å². The minimum atomic E-state index is -0.500. The highest BCUT2D eigenvalue weighted by Gasteiger charge is 2.22. The molecule has 0 aliphatic carbocycles. The molecular formula is C17H36N4O2S. The van der Waals surface area contributed by atoms with Gasteiger partial charge in [-0.1, -0.05) is 13.8 Å². The highest BCUT2D eigenvalue weighted by molar-refractivity contribution is 7.99. The largest absolute Gasteiger partial charge is 0.444 e. The van der Waals surface area contributed by atoms with E-state index in [0.29, 0.717) is 6.54 Å². The summed E-state index contributed by atoms with van der Waals surface area (Å²) in [5.74, 6) is 1.000. The molecule has 3 N–H and O–H groups in total. The maximum atomic E-state index is 12.0. The summed E-state index contributed by atoms with van der Waals surface area (Å²) in [7, 11) is 1.74. The van der Waals surface area contributed by atoms with Gasteiger partial charge in [0.2, 0.25) is 0 Å². The maximum Gasteiger partial charge on any atom is 0.407 e. The highest BCUT2D eigenvalue weighted by atomic mass is 32.2. The summed E-state index contributed by atoms with van der Waals surface area (Å²) in [6.45, 7) is 15.4. The Balaban J connectivity index is 4.54. The molecule has 0 aromatic rings. The molecule has 0 rings (SSSR count). The van der Waals surface area contributed by atoms with Crippen LogP contribution in [0.5, 0.6) is 0 Å². The Labute approximate surface area is 152 Å². The van der Waals surface area contributed by atoms with Crippen LogP contribution < -0.4 is 16.0 Å². The zero-order chi connectivity index (χ0) is 19.0. The predicted molar refractivity (Wildman–Crippen MR) is 105 cm³/mol. The molecule has 1 amide bonds. The zero-order valence-electron chi connectivity index (χ0n) is 16.7. The predicted octanol–water partition coefficient (Wildman–Crippen LogP) is 2.84. The van der Waals surface area contributed by atoms with Gasteiger partial charge in [0, 0.05) is 24.9 Å². The van der Waals surface area contributed by atoms with Crippen molar-refractivity contribution in [2.75, 3.05) is 26.4 Å². The van der Waals surface area contributed by atoms with E-state index >= 15 is 0 Å². The first-order chi connectivity index (χ1) is 10.9. The van der Waals surface area contributed by atoms with Crippen LogP contribution in [0.3, 0.4) is 0 Å². The third-order valence-corrected chi connectivity index (χ3v) is 4.70. The van der Waals surface area contributed by atoms with Gasteiger partial charge < -0.3 is 20.7 Å². The van der Waals surface area contributed by atoms with Crippen LogP contribution in [-0.2, 0) is 4.74 Å². The first-order valence-corrected chi connectivity index (χ1v) is 9.62. The van der Waals surface area contributed by atoms with Gasteiger partial charge in [-0.3, -0.25) is 4.99 Å². The minimum absolute atomic E-state index is 0.0491. The smallest absolute Gasteiger partial charge is 0.407 e. The number of thioether (sulfide) groups is 1. The molecule has 0 heterocycles. The summed E-state index contributed by atoms with van der Waals surface area (Å²) in [5.41, 5.74) is -0.500. The van der Waals surface area contributed by atoms with Crippen molar-refractivity contribution >= 4 is 23.8 Å². The van der Waals surface area contributed by atoms with Gasteiger partial charge in [0.25, 0.3) is 0 Å². The molecule has 0 aromatic heterocycles. The molecule has 0 aromatic carbocycles.